The first-order valence-electron chi connectivity index (χ1n) is 6.06. The Bertz CT molecular complexity index is 532. The van der Waals surface area contributed by atoms with Gasteiger partial charge in [-0.3, -0.25) is 4.79 Å². The van der Waals surface area contributed by atoms with Gasteiger partial charge in [-0.05, 0) is 24.6 Å². The van der Waals surface area contributed by atoms with Crippen molar-refractivity contribution < 1.29 is 24.6 Å². The van der Waals surface area contributed by atoms with Crippen molar-refractivity contribution in [3.8, 4) is 0 Å². The van der Waals surface area contributed by atoms with Crippen molar-refractivity contribution >= 4 is 33.9 Å². The lowest BCUT2D eigenvalue weighted by atomic mass is 10.1. The van der Waals surface area contributed by atoms with E-state index >= 15 is 0 Å². The molecular weight excluding hydrogens is 344 g/mol. The minimum Gasteiger partial charge on any atom is -0.481 e. The quantitative estimate of drug-likeness (QED) is 0.618. The zero-order valence-electron chi connectivity index (χ0n) is 11.2. The first-order valence-corrected chi connectivity index (χ1v) is 6.86. The second kappa shape index (κ2) is 7.63. The second-order valence-electron chi connectivity index (χ2n) is 4.38. The van der Waals surface area contributed by atoms with Gasteiger partial charge >= 0.3 is 18.0 Å². The normalized spacial score (nSPS) is 13.0. The van der Waals surface area contributed by atoms with Crippen LogP contribution in [0.5, 0.6) is 0 Å². The lowest BCUT2D eigenvalue weighted by Crippen LogP contribution is -2.47. The minimum absolute atomic E-state index is 0.350. The summed E-state index contributed by atoms with van der Waals surface area (Å²) in [6.45, 7) is 1.73. The van der Waals surface area contributed by atoms with E-state index in [1.165, 1.54) is 0 Å². The van der Waals surface area contributed by atoms with E-state index in [0.29, 0.717) is 0 Å². The first kappa shape index (κ1) is 17.0. The maximum atomic E-state index is 11.7. The van der Waals surface area contributed by atoms with E-state index in [1.54, 1.807) is 19.1 Å². The van der Waals surface area contributed by atoms with Crippen molar-refractivity contribution in [3.63, 3.8) is 0 Å². The highest BCUT2D eigenvalue weighted by molar-refractivity contribution is 9.10. The fourth-order valence-electron chi connectivity index (χ4n) is 1.61. The van der Waals surface area contributed by atoms with E-state index in [-0.39, 0.29) is 6.04 Å². The number of aliphatic carboxylic acids is 2. The molecule has 1 aromatic rings. The van der Waals surface area contributed by atoms with Crippen LogP contribution in [0.15, 0.2) is 28.7 Å². The van der Waals surface area contributed by atoms with Gasteiger partial charge in [0, 0.05) is 4.47 Å². The number of hydrogen-bond acceptors (Lipinski definition) is 3. The molecule has 0 aromatic heterocycles. The summed E-state index contributed by atoms with van der Waals surface area (Å²) >= 11 is 3.30. The number of hydrogen-bond donors (Lipinski definition) is 4. The predicted molar refractivity (Wildman–Crippen MR) is 77.9 cm³/mol. The van der Waals surface area contributed by atoms with Gasteiger partial charge in [0.2, 0.25) is 0 Å². The standard InChI is InChI=1S/C13H15BrN2O5/c1-7(8-2-4-9(14)5-3-8)15-13(21)16-10(12(19)20)6-11(17)18/h2-5,7,10H,6H2,1H3,(H,17,18)(H,19,20)(H2,15,16,21). The molecule has 4 N–H and O–H groups in total. The lowest BCUT2D eigenvalue weighted by Gasteiger charge is -2.17. The van der Waals surface area contributed by atoms with Gasteiger partial charge in [-0.15, -0.1) is 0 Å². The number of halogens is 1. The van der Waals surface area contributed by atoms with Gasteiger partial charge in [-0.1, -0.05) is 28.1 Å². The van der Waals surface area contributed by atoms with Crippen LogP contribution in [0.3, 0.4) is 0 Å². The van der Waals surface area contributed by atoms with Crippen LogP contribution in [-0.4, -0.2) is 34.2 Å². The molecule has 7 nitrogen and oxygen atoms in total. The number of carboxylic acids is 2. The highest BCUT2D eigenvalue weighted by Crippen LogP contribution is 2.16. The molecule has 21 heavy (non-hydrogen) atoms. The average Bonchev–Trinajstić information content (AvgIpc) is 2.37. The predicted octanol–water partition coefficient (Wildman–Crippen LogP) is 1.74. The first-order chi connectivity index (χ1) is 9.79. The smallest absolute Gasteiger partial charge is 0.326 e. The number of carbonyl (C=O) groups excluding carboxylic acids is 1. The van der Waals surface area contributed by atoms with Gasteiger partial charge in [0.25, 0.3) is 0 Å². The highest BCUT2D eigenvalue weighted by atomic mass is 79.9. The maximum absolute atomic E-state index is 11.7. The van der Waals surface area contributed by atoms with Crippen molar-refractivity contribution in [2.75, 3.05) is 0 Å². The van der Waals surface area contributed by atoms with Crippen molar-refractivity contribution in [3.05, 3.63) is 34.3 Å². The van der Waals surface area contributed by atoms with Crippen LogP contribution < -0.4 is 10.6 Å². The van der Waals surface area contributed by atoms with Crippen LogP contribution >= 0.6 is 15.9 Å². The van der Waals surface area contributed by atoms with Gasteiger partial charge in [-0.2, -0.15) is 0 Å². The van der Waals surface area contributed by atoms with Crippen LogP contribution in [0.1, 0.15) is 24.9 Å². The Morgan fingerprint density at radius 1 is 1.14 bits per heavy atom. The van der Waals surface area contributed by atoms with Crippen LogP contribution in [-0.2, 0) is 9.59 Å². The molecule has 0 aliphatic rings. The molecule has 0 saturated heterocycles. The summed E-state index contributed by atoms with van der Waals surface area (Å²) in [4.78, 5) is 33.1. The summed E-state index contributed by atoms with van der Waals surface area (Å²) < 4.78 is 0.898. The molecule has 1 aromatic carbocycles. The summed E-state index contributed by atoms with van der Waals surface area (Å²) in [5.74, 6) is -2.70. The summed E-state index contributed by atoms with van der Waals surface area (Å²) in [5.41, 5.74) is 0.832. The lowest BCUT2D eigenvalue weighted by molar-refractivity contribution is -0.145. The zero-order valence-corrected chi connectivity index (χ0v) is 12.8. The van der Waals surface area contributed by atoms with E-state index in [9.17, 15) is 14.4 Å². The van der Waals surface area contributed by atoms with Crippen molar-refractivity contribution in [2.45, 2.75) is 25.4 Å². The molecule has 2 unspecified atom stereocenters. The molecule has 0 saturated carbocycles. The highest BCUT2D eigenvalue weighted by Gasteiger charge is 2.23. The molecule has 0 bridgehead atoms. The Hall–Kier alpha value is -2.09. The number of carbonyl (C=O) groups is 3. The number of urea groups is 1. The van der Waals surface area contributed by atoms with Crippen LogP contribution in [0.4, 0.5) is 4.79 Å². The SMILES string of the molecule is CC(NC(=O)NC(CC(=O)O)C(=O)O)c1ccc(Br)cc1. The summed E-state index contributed by atoms with van der Waals surface area (Å²) in [6, 6.07) is 4.68. The molecule has 1 rings (SSSR count). The number of carboxylic acid groups (broad SMARTS) is 2. The maximum Gasteiger partial charge on any atom is 0.326 e. The second-order valence-corrected chi connectivity index (χ2v) is 5.30. The molecule has 2 atom stereocenters. The van der Waals surface area contributed by atoms with Crippen LogP contribution in [0.2, 0.25) is 0 Å². The van der Waals surface area contributed by atoms with Crippen molar-refractivity contribution in [1.82, 2.24) is 10.6 Å². The Kier molecular flexibility index (Phi) is 6.16. The molecule has 2 amide bonds. The molecule has 0 fully saturated rings. The third-order valence-electron chi connectivity index (χ3n) is 2.70. The molecule has 114 valence electrons. The van der Waals surface area contributed by atoms with Gasteiger partial charge in [0.15, 0.2) is 0 Å². The number of amides is 2. The molecule has 8 heteroatoms. The van der Waals surface area contributed by atoms with Crippen molar-refractivity contribution in [2.24, 2.45) is 0 Å². The third-order valence-corrected chi connectivity index (χ3v) is 3.23. The molecule has 0 aliphatic carbocycles. The molecular formula is C13H15BrN2O5. The van der Waals surface area contributed by atoms with Gasteiger partial charge < -0.3 is 20.8 Å². The topological polar surface area (TPSA) is 116 Å². The number of benzene rings is 1. The average molecular weight is 359 g/mol. The minimum atomic E-state index is -1.47. The van der Waals surface area contributed by atoms with E-state index in [0.717, 1.165) is 10.0 Å². The Morgan fingerprint density at radius 2 is 1.71 bits per heavy atom. The molecule has 0 radical (unpaired) electrons. The fraction of sp³-hybridized carbons (Fsp3) is 0.308. The van der Waals surface area contributed by atoms with Gasteiger partial charge in [0.1, 0.15) is 6.04 Å². The van der Waals surface area contributed by atoms with Crippen LogP contribution in [0.25, 0.3) is 0 Å². The van der Waals surface area contributed by atoms with Crippen LogP contribution in [0, 0.1) is 0 Å². The fourth-order valence-corrected chi connectivity index (χ4v) is 1.87. The summed E-state index contributed by atoms with van der Waals surface area (Å²) in [7, 11) is 0. The van der Waals surface area contributed by atoms with E-state index in [2.05, 4.69) is 26.6 Å². The van der Waals surface area contributed by atoms with E-state index < -0.39 is 30.4 Å². The molecule has 0 spiro atoms. The summed E-state index contributed by atoms with van der Waals surface area (Å²) in [5, 5.41) is 22.1. The largest absolute Gasteiger partial charge is 0.481 e. The van der Waals surface area contributed by atoms with E-state index in [4.69, 9.17) is 10.2 Å². The number of nitrogens with one attached hydrogen (secondary N) is 2. The molecule has 0 aliphatic heterocycles. The third kappa shape index (κ3) is 5.82. The Labute approximate surface area is 129 Å². The van der Waals surface area contributed by atoms with Gasteiger partial charge in [0.05, 0.1) is 12.5 Å². The monoisotopic (exact) mass is 358 g/mol. The van der Waals surface area contributed by atoms with E-state index in [1.807, 2.05) is 12.1 Å². The molecule has 0 heterocycles. The Balaban J connectivity index is 2.61. The number of rotatable bonds is 6. The Morgan fingerprint density at radius 3 is 2.19 bits per heavy atom. The summed E-state index contributed by atoms with van der Waals surface area (Å²) in [6.07, 6.45) is -0.685. The zero-order chi connectivity index (χ0) is 16.0. The van der Waals surface area contributed by atoms with Crippen molar-refractivity contribution in [1.29, 1.82) is 0 Å². The van der Waals surface area contributed by atoms with Gasteiger partial charge in [-0.25, -0.2) is 9.59 Å².